The summed E-state index contributed by atoms with van der Waals surface area (Å²) in [5.74, 6) is -0.710. The van der Waals surface area contributed by atoms with Gasteiger partial charge in [0, 0.05) is 13.0 Å². The Morgan fingerprint density at radius 3 is 2.38 bits per heavy atom. The molecule has 4 nitrogen and oxygen atoms in total. The number of carbonyl (C=O) groups is 1. The van der Waals surface area contributed by atoms with Crippen molar-refractivity contribution in [2.75, 3.05) is 19.7 Å². The summed E-state index contributed by atoms with van der Waals surface area (Å²) in [6.45, 7) is 1.74. The lowest BCUT2D eigenvalue weighted by molar-refractivity contribution is -0.137. The molecule has 0 aromatic carbocycles. The fourth-order valence-electron chi connectivity index (χ4n) is 1.08. The molecule has 0 aliphatic carbocycles. The van der Waals surface area contributed by atoms with Crippen LogP contribution in [0.15, 0.2) is 0 Å². The summed E-state index contributed by atoms with van der Waals surface area (Å²) in [7, 11) is 0. The smallest absolute Gasteiger partial charge is 0.303 e. The Morgan fingerprint density at radius 1 is 1.08 bits per heavy atom. The van der Waals surface area contributed by atoms with E-state index in [4.69, 9.17) is 10.2 Å². The van der Waals surface area contributed by atoms with Crippen LogP contribution in [-0.2, 0) is 4.79 Å². The lowest BCUT2D eigenvalue weighted by Crippen LogP contribution is -2.19. The van der Waals surface area contributed by atoms with Gasteiger partial charge in [-0.2, -0.15) is 0 Å². The van der Waals surface area contributed by atoms with Gasteiger partial charge in [-0.1, -0.05) is 12.8 Å². The Balaban J connectivity index is 2.87. The van der Waals surface area contributed by atoms with Crippen molar-refractivity contribution in [1.29, 1.82) is 0 Å². The van der Waals surface area contributed by atoms with E-state index in [0.717, 1.165) is 32.2 Å². The molecule has 0 aliphatic heterocycles. The molecular weight excluding hydrogens is 170 g/mol. The number of aliphatic hydroxyl groups is 1. The van der Waals surface area contributed by atoms with Crippen molar-refractivity contribution in [1.82, 2.24) is 5.32 Å². The zero-order valence-electron chi connectivity index (χ0n) is 7.96. The van der Waals surface area contributed by atoms with E-state index in [0.29, 0.717) is 6.54 Å². The average molecular weight is 189 g/mol. The molecule has 0 fully saturated rings. The van der Waals surface area contributed by atoms with Crippen molar-refractivity contribution in [3.05, 3.63) is 0 Å². The van der Waals surface area contributed by atoms with Crippen LogP contribution in [0, 0.1) is 0 Å². The largest absolute Gasteiger partial charge is 0.481 e. The van der Waals surface area contributed by atoms with Crippen LogP contribution in [0.4, 0.5) is 0 Å². The van der Waals surface area contributed by atoms with Crippen LogP contribution >= 0.6 is 0 Å². The van der Waals surface area contributed by atoms with E-state index in [1.54, 1.807) is 0 Å². The molecule has 0 unspecified atom stereocenters. The lowest BCUT2D eigenvalue weighted by Gasteiger charge is -2.01. The molecule has 0 bridgehead atoms. The third kappa shape index (κ3) is 11.4. The van der Waals surface area contributed by atoms with Crippen molar-refractivity contribution in [2.45, 2.75) is 32.1 Å². The molecule has 0 aromatic rings. The number of hydrogen-bond donors (Lipinski definition) is 3. The van der Waals surface area contributed by atoms with Crippen LogP contribution in [0.3, 0.4) is 0 Å². The minimum atomic E-state index is -0.710. The normalized spacial score (nSPS) is 10.2. The Labute approximate surface area is 79.0 Å². The van der Waals surface area contributed by atoms with E-state index in [-0.39, 0.29) is 13.0 Å². The Morgan fingerprint density at radius 2 is 1.77 bits per heavy atom. The zero-order valence-corrected chi connectivity index (χ0v) is 7.96. The summed E-state index contributed by atoms with van der Waals surface area (Å²) >= 11 is 0. The number of aliphatic carboxylic acids is 1. The molecule has 4 heteroatoms. The Bertz CT molecular complexity index is 128. The van der Waals surface area contributed by atoms with Crippen LogP contribution in [0.5, 0.6) is 0 Å². The molecule has 0 saturated heterocycles. The average Bonchev–Trinajstić information content (AvgIpc) is 2.09. The first-order valence-electron chi connectivity index (χ1n) is 4.80. The number of carboxylic acid groups (broad SMARTS) is 1. The van der Waals surface area contributed by atoms with Crippen molar-refractivity contribution in [2.24, 2.45) is 0 Å². The van der Waals surface area contributed by atoms with E-state index >= 15 is 0 Å². The fourth-order valence-corrected chi connectivity index (χ4v) is 1.08. The number of unbranched alkanes of at least 4 members (excludes halogenated alkanes) is 3. The van der Waals surface area contributed by atoms with Crippen molar-refractivity contribution >= 4 is 5.97 Å². The van der Waals surface area contributed by atoms with E-state index in [1.165, 1.54) is 0 Å². The minimum absolute atomic E-state index is 0.180. The molecule has 0 aliphatic rings. The molecule has 0 aromatic heterocycles. The third-order valence-corrected chi connectivity index (χ3v) is 1.78. The van der Waals surface area contributed by atoms with Crippen molar-refractivity contribution in [3.63, 3.8) is 0 Å². The van der Waals surface area contributed by atoms with Crippen LogP contribution < -0.4 is 5.32 Å². The van der Waals surface area contributed by atoms with Crippen molar-refractivity contribution in [3.8, 4) is 0 Å². The Kier molecular flexibility index (Phi) is 9.03. The summed E-state index contributed by atoms with van der Waals surface area (Å²) in [5.41, 5.74) is 0. The van der Waals surface area contributed by atoms with Gasteiger partial charge in [0.25, 0.3) is 0 Å². The van der Waals surface area contributed by atoms with E-state index in [9.17, 15) is 4.79 Å². The van der Waals surface area contributed by atoms with Gasteiger partial charge in [0.2, 0.25) is 0 Å². The second-order valence-corrected chi connectivity index (χ2v) is 3.03. The molecule has 0 heterocycles. The zero-order chi connectivity index (χ0) is 9.94. The van der Waals surface area contributed by atoms with Gasteiger partial charge in [-0.3, -0.25) is 4.79 Å². The van der Waals surface area contributed by atoms with Crippen molar-refractivity contribution < 1.29 is 15.0 Å². The minimum Gasteiger partial charge on any atom is -0.481 e. The van der Waals surface area contributed by atoms with Gasteiger partial charge in [-0.15, -0.1) is 0 Å². The first-order chi connectivity index (χ1) is 6.27. The summed E-state index contributed by atoms with van der Waals surface area (Å²) in [4.78, 5) is 10.1. The number of rotatable bonds is 9. The topological polar surface area (TPSA) is 69.6 Å². The Hall–Kier alpha value is -0.610. The SMILES string of the molecule is O=C(O)CCCCCCNCCO. The highest BCUT2D eigenvalue weighted by molar-refractivity contribution is 5.66. The van der Waals surface area contributed by atoms with Crippen LogP contribution in [0.2, 0.25) is 0 Å². The molecule has 3 N–H and O–H groups in total. The molecule has 0 rings (SSSR count). The molecule has 0 saturated carbocycles. The third-order valence-electron chi connectivity index (χ3n) is 1.78. The molecule has 0 spiro atoms. The fraction of sp³-hybridized carbons (Fsp3) is 0.889. The van der Waals surface area contributed by atoms with Gasteiger partial charge >= 0.3 is 5.97 Å². The summed E-state index contributed by atoms with van der Waals surface area (Å²) in [6.07, 6.45) is 4.15. The number of nitrogens with one attached hydrogen (secondary N) is 1. The molecule has 0 amide bonds. The van der Waals surface area contributed by atoms with Crippen LogP contribution in [-0.4, -0.2) is 35.9 Å². The lowest BCUT2D eigenvalue weighted by atomic mass is 10.1. The van der Waals surface area contributed by atoms with Gasteiger partial charge in [0.1, 0.15) is 0 Å². The van der Waals surface area contributed by atoms with Gasteiger partial charge in [0.05, 0.1) is 6.61 Å². The van der Waals surface area contributed by atoms with Gasteiger partial charge in [0.15, 0.2) is 0 Å². The highest BCUT2D eigenvalue weighted by Gasteiger charge is 1.95. The molecule has 13 heavy (non-hydrogen) atoms. The second kappa shape index (κ2) is 9.48. The standard InChI is InChI=1S/C9H19NO3/c11-8-7-10-6-4-2-1-3-5-9(12)13/h10-11H,1-8H2,(H,12,13). The maximum Gasteiger partial charge on any atom is 0.303 e. The monoisotopic (exact) mass is 189 g/mol. The first kappa shape index (κ1) is 12.4. The van der Waals surface area contributed by atoms with Crippen LogP contribution in [0.25, 0.3) is 0 Å². The highest BCUT2D eigenvalue weighted by atomic mass is 16.4. The highest BCUT2D eigenvalue weighted by Crippen LogP contribution is 2.01. The summed E-state index contributed by atoms with van der Waals surface area (Å²) in [6, 6.07) is 0. The molecule has 0 radical (unpaired) electrons. The molecule has 0 atom stereocenters. The predicted octanol–water partition coefficient (Wildman–Crippen LogP) is 0.603. The molecular formula is C9H19NO3. The van der Waals surface area contributed by atoms with E-state index in [1.807, 2.05) is 0 Å². The number of hydrogen-bond acceptors (Lipinski definition) is 3. The van der Waals surface area contributed by atoms with Gasteiger partial charge in [-0.05, 0) is 19.4 Å². The summed E-state index contributed by atoms with van der Waals surface area (Å²) in [5, 5.41) is 19.9. The van der Waals surface area contributed by atoms with E-state index < -0.39 is 5.97 Å². The number of aliphatic hydroxyl groups excluding tert-OH is 1. The van der Waals surface area contributed by atoms with Gasteiger partial charge < -0.3 is 15.5 Å². The maximum absolute atomic E-state index is 10.1. The maximum atomic E-state index is 10.1. The van der Waals surface area contributed by atoms with Gasteiger partial charge in [-0.25, -0.2) is 0 Å². The van der Waals surface area contributed by atoms with E-state index in [2.05, 4.69) is 5.32 Å². The first-order valence-corrected chi connectivity index (χ1v) is 4.80. The molecule has 78 valence electrons. The van der Waals surface area contributed by atoms with Crippen LogP contribution in [0.1, 0.15) is 32.1 Å². The predicted molar refractivity (Wildman–Crippen MR) is 50.7 cm³/mol. The quantitative estimate of drug-likeness (QED) is 0.465. The summed E-state index contributed by atoms with van der Waals surface area (Å²) < 4.78 is 0. The second-order valence-electron chi connectivity index (χ2n) is 3.03. The number of carboxylic acids is 1.